The molecule has 0 amide bonds. The Morgan fingerprint density at radius 2 is 1.00 bits per heavy atom. The summed E-state index contributed by atoms with van der Waals surface area (Å²) < 4.78 is 11.7. The van der Waals surface area contributed by atoms with Crippen LogP contribution < -0.4 is 9.47 Å². The summed E-state index contributed by atoms with van der Waals surface area (Å²) in [6, 6.07) is 19.3. The average Bonchev–Trinajstić information content (AvgIpc) is 2.52. The van der Waals surface area contributed by atoms with Gasteiger partial charge < -0.3 is 9.47 Å². The average molecular weight is 266 g/mol. The van der Waals surface area contributed by atoms with Crippen molar-refractivity contribution in [3.63, 3.8) is 0 Å². The second kappa shape index (κ2) is 7.19. The van der Waals surface area contributed by atoms with Gasteiger partial charge >= 0.3 is 0 Å². The van der Waals surface area contributed by atoms with Gasteiger partial charge in [-0.15, -0.1) is 0 Å². The molecule has 2 aromatic rings. The van der Waals surface area contributed by atoms with E-state index in [2.05, 4.69) is 0 Å². The third-order valence-corrected chi connectivity index (χ3v) is 2.71. The minimum atomic E-state index is 0.697. The molecule has 102 valence electrons. The fourth-order valence-corrected chi connectivity index (χ4v) is 1.73. The molecule has 0 unspecified atom stereocenters. The molecule has 0 spiro atoms. The molecule has 0 saturated heterocycles. The van der Waals surface area contributed by atoms with E-state index in [9.17, 15) is 0 Å². The smallest absolute Gasteiger partial charge is 0.165 e. The monoisotopic (exact) mass is 266 g/mol. The van der Waals surface area contributed by atoms with Crippen LogP contribution >= 0.6 is 0 Å². The minimum absolute atomic E-state index is 0.697. The van der Waals surface area contributed by atoms with Crippen molar-refractivity contribution in [1.29, 1.82) is 0 Å². The van der Waals surface area contributed by atoms with Crippen LogP contribution in [0.4, 0.5) is 0 Å². The third-order valence-electron chi connectivity index (χ3n) is 2.71. The van der Waals surface area contributed by atoms with Crippen LogP contribution in [-0.4, -0.2) is 0 Å². The van der Waals surface area contributed by atoms with Crippen LogP contribution in [0.15, 0.2) is 84.3 Å². The Bertz CT molecular complexity index is 528. The Kier molecular flexibility index (Phi) is 5.01. The molecule has 20 heavy (non-hydrogen) atoms. The van der Waals surface area contributed by atoms with E-state index in [0.717, 1.165) is 11.5 Å². The first-order valence-corrected chi connectivity index (χ1v) is 6.62. The van der Waals surface area contributed by atoms with E-state index in [4.69, 9.17) is 9.47 Å². The molecule has 0 heterocycles. The predicted octanol–water partition coefficient (Wildman–Crippen LogP) is 4.95. The largest absolute Gasteiger partial charge is 0.454 e. The lowest BCUT2D eigenvalue weighted by molar-refractivity contribution is 0.347. The van der Waals surface area contributed by atoms with Crippen molar-refractivity contribution in [2.45, 2.75) is 13.8 Å². The highest BCUT2D eigenvalue weighted by Crippen LogP contribution is 2.21. The first-order valence-electron chi connectivity index (χ1n) is 6.62. The molecule has 2 heteroatoms. The Balaban J connectivity index is 2.13. The zero-order chi connectivity index (χ0) is 14.2. The van der Waals surface area contributed by atoms with Gasteiger partial charge in [0.25, 0.3) is 0 Å². The number of para-hydroxylation sites is 2. The molecule has 0 saturated carbocycles. The van der Waals surface area contributed by atoms with Crippen LogP contribution in [-0.2, 0) is 0 Å². The van der Waals surface area contributed by atoms with Crippen molar-refractivity contribution in [1.82, 2.24) is 0 Å². The van der Waals surface area contributed by atoms with Crippen LogP contribution in [0.5, 0.6) is 11.5 Å². The van der Waals surface area contributed by atoms with E-state index in [1.807, 2.05) is 86.7 Å². The van der Waals surface area contributed by atoms with E-state index in [1.165, 1.54) is 0 Å². The van der Waals surface area contributed by atoms with Gasteiger partial charge in [-0.2, -0.15) is 0 Å². The normalized spacial score (nSPS) is 12.1. The van der Waals surface area contributed by atoms with Crippen LogP contribution in [0.25, 0.3) is 0 Å². The van der Waals surface area contributed by atoms with E-state index in [-0.39, 0.29) is 0 Å². The highest BCUT2D eigenvalue weighted by molar-refractivity contribution is 5.32. The fourth-order valence-electron chi connectivity index (χ4n) is 1.73. The molecule has 0 aromatic heterocycles. The Hall–Kier alpha value is -2.48. The molecule has 0 N–H and O–H groups in total. The van der Waals surface area contributed by atoms with Gasteiger partial charge in [0.2, 0.25) is 0 Å². The summed E-state index contributed by atoms with van der Waals surface area (Å²) in [6.07, 6.45) is 3.79. The van der Waals surface area contributed by atoms with Crippen LogP contribution in [0.3, 0.4) is 0 Å². The summed E-state index contributed by atoms with van der Waals surface area (Å²) in [5, 5.41) is 0. The summed E-state index contributed by atoms with van der Waals surface area (Å²) in [7, 11) is 0. The van der Waals surface area contributed by atoms with E-state index in [1.54, 1.807) is 0 Å². The second-order valence-electron chi connectivity index (χ2n) is 4.14. The number of allylic oxidation sites excluding steroid dienone is 2. The zero-order valence-corrected chi connectivity index (χ0v) is 11.7. The van der Waals surface area contributed by atoms with Crippen molar-refractivity contribution in [3.8, 4) is 11.5 Å². The summed E-state index contributed by atoms with van der Waals surface area (Å²) in [4.78, 5) is 0. The van der Waals surface area contributed by atoms with E-state index in [0.29, 0.717) is 11.5 Å². The summed E-state index contributed by atoms with van der Waals surface area (Å²) in [5.41, 5.74) is 0. The van der Waals surface area contributed by atoms with Gasteiger partial charge in [-0.05, 0) is 50.3 Å². The van der Waals surface area contributed by atoms with Crippen molar-refractivity contribution in [2.24, 2.45) is 0 Å². The molecule has 2 nitrogen and oxygen atoms in total. The topological polar surface area (TPSA) is 18.5 Å². The van der Waals surface area contributed by atoms with Crippen molar-refractivity contribution < 1.29 is 9.47 Å². The highest BCUT2D eigenvalue weighted by atomic mass is 16.5. The number of ether oxygens (including phenoxy) is 2. The van der Waals surface area contributed by atoms with Crippen molar-refractivity contribution >= 4 is 0 Å². The third kappa shape index (κ3) is 3.75. The molecule has 2 aromatic carbocycles. The fraction of sp³-hybridized carbons (Fsp3) is 0.111. The second-order valence-corrected chi connectivity index (χ2v) is 4.14. The van der Waals surface area contributed by atoms with Crippen LogP contribution in [0.1, 0.15) is 13.8 Å². The van der Waals surface area contributed by atoms with Gasteiger partial charge in [0, 0.05) is 0 Å². The molecular formula is C18H18O2. The minimum Gasteiger partial charge on any atom is -0.454 e. The molecule has 0 atom stereocenters. The number of hydrogen-bond acceptors (Lipinski definition) is 2. The maximum absolute atomic E-state index is 5.86. The van der Waals surface area contributed by atoms with Crippen molar-refractivity contribution in [2.75, 3.05) is 0 Å². The summed E-state index contributed by atoms with van der Waals surface area (Å²) in [6.45, 7) is 3.85. The number of hydrogen-bond donors (Lipinski definition) is 0. The lowest BCUT2D eigenvalue weighted by atomic mass is 10.3. The van der Waals surface area contributed by atoms with Gasteiger partial charge in [-0.1, -0.05) is 36.4 Å². The molecule has 0 bridgehead atoms. The van der Waals surface area contributed by atoms with Crippen molar-refractivity contribution in [3.05, 3.63) is 84.3 Å². The molecule has 0 aliphatic heterocycles. The number of rotatable bonds is 5. The zero-order valence-electron chi connectivity index (χ0n) is 11.7. The lowest BCUT2D eigenvalue weighted by Crippen LogP contribution is -2.05. The van der Waals surface area contributed by atoms with Crippen LogP contribution in [0.2, 0.25) is 0 Å². The first-order chi connectivity index (χ1) is 9.83. The Labute approximate surface area is 120 Å². The maximum atomic E-state index is 5.86. The van der Waals surface area contributed by atoms with E-state index >= 15 is 0 Å². The molecular weight excluding hydrogens is 248 g/mol. The SMILES string of the molecule is C/C=C(Oc1ccccc1)\C(=C/C)Oc1ccccc1. The summed E-state index contributed by atoms with van der Waals surface area (Å²) in [5.74, 6) is 2.97. The lowest BCUT2D eigenvalue weighted by Gasteiger charge is -2.14. The van der Waals surface area contributed by atoms with Gasteiger partial charge in [0.1, 0.15) is 11.5 Å². The predicted molar refractivity (Wildman–Crippen MR) is 81.7 cm³/mol. The molecule has 0 fully saturated rings. The molecule has 0 aliphatic rings. The molecule has 0 aliphatic carbocycles. The van der Waals surface area contributed by atoms with Gasteiger partial charge in [-0.25, -0.2) is 0 Å². The van der Waals surface area contributed by atoms with E-state index < -0.39 is 0 Å². The standard InChI is InChI=1S/C18H18O2/c1-3-17(19-15-11-7-5-8-12-15)18(4-2)20-16-13-9-6-10-14-16/h3-14H,1-2H3/b17-3+,18-4+. The molecule has 2 rings (SSSR count). The molecule has 0 radical (unpaired) electrons. The Morgan fingerprint density at radius 1 is 0.650 bits per heavy atom. The quantitative estimate of drug-likeness (QED) is 0.563. The maximum Gasteiger partial charge on any atom is 0.165 e. The Morgan fingerprint density at radius 3 is 1.30 bits per heavy atom. The number of benzene rings is 2. The van der Waals surface area contributed by atoms with Gasteiger partial charge in [-0.3, -0.25) is 0 Å². The first kappa shape index (κ1) is 13.9. The van der Waals surface area contributed by atoms with Gasteiger partial charge in [0.05, 0.1) is 0 Å². The van der Waals surface area contributed by atoms with Crippen LogP contribution in [0, 0.1) is 0 Å². The summed E-state index contributed by atoms with van der Waals surface area (Å²) >= 11 is 0. The van der Waals surface area contributed by atoms with Gasteiger partial charge in [0.15, 0.2) is 11.5 Å². The highest BCUT2D eigenvalue weighted by Gasteiger charge is 2.08.